The van der Waals surface area contributed by atoms with E-state index in [4.69, 9.17) is 28.4 Å². The predicted octanol–water partition coefficient (Wildman–Crippen LogP) is 10.3. The van der Waals surface area contributed by atoms with Crippen molar-refractivity contribution in [3.8, 4) is 34.5 Å². The van der Waals surface area contributed by atoms with Crippen molar-refractivity contribution < 1.29 is 28.4 Å². The molecule has 0 atom stereocenters. The molecule has 0 aliphatic heterocycles. The highest BCUT2D eigenvalue weighted by atomic mass is 16.5. The molecular weight excluding hydrogens is 552 g/mol. The quantitative estimate of drug-likeness (QED) is 0.0640. The van der Waals surface area contributed by atoms with Crippen molar-refractivity contribution >= 4 is 43.1 Å². The first-order chi connectivity index (χ1) is 21.6. The second-order valence-electron chi connectivity index (χ2n) is 11.4. The van der Waals surface area contributed by atoms with E-state index in [1.807, 2.05) is 12.1 Å². The van der Waals surface area contributed by atoms with Gasteiger partial charge in [0.1, 0.15) is 0 Å². The van der Waals surface area contributed by atoms with Gasteiger partial charge in [0.05, 0.1) is 41.7 Å². The lowest BCUT2D eigenvalue weighted by Crippen LogP contribution is -2.03. The SMILES string of the molecule is CCCCCCOc1cc2cc3c4cc(OC)c(OC)cc4c4cc(OC)c(OC)cc4c3cc2cc1OCCCCCC. The van der Waals surface area contributed by atoms with Crippen molar-refractivity contribution in [1.29, 1.82) is 0 Å². The maximum absolute atomic E-state index is 6.37. The Morgan fingerprint density at radius 2 is 0.682 bits per heavy atom. The zero-order valence-corrected chi connectivity index (χ0v) is 27.1. The highest BCUT2D eigenvalue weighted by Crippen LogP contribution is 2.46. The van der Waals surface area contributed by atoms with Gasteiger partial charge in [-0.3, -0.25) is 0 Å². The summed E-state index contributed by atoms with van der Waals surface area (Å²) in [4.78, 5) is 0. The fraction of sp³-hybridized carbons (Fsp3) is 0.421. The third-order valence-electron chi connectivity index (χ3n) is 8.47. The van der Waals surface area contributed by atoms with E-state index in [9.17, 15) is 0 Å². The van der Waals surface area contributed by atoms with Crippen LogP contribution >= 0.6 is 0 Å². The van der Waals surface area contributed by atoms with Gasteiger partial charge in [-0.25, -0.2) is 0 Å². The highest BCUT2D eigenvalue weighted by molar-refractivity contribution is 6.28. The highest BCUT2D eigenvalue weighted by Gasteiger charge is 2.18. The number of benzene rings is 5. The smallest absolute Gasteiger partial charge is 0.161 e. The summed E-state index contributed by atoms with van der Waals surface area (Å²) in [6, 6.07) is 17.0. The number of unbranched alkanes of at least 4 members (excludes halogenated alkanes) is 6. The number of fused-ring (bicyclic) bond motifs is 7. The fourth-order valence-electron chi connectivity index (χ4n) is 6.05. The summed E-state index contributed by atoms with van der Waals surface area (Å²) in [6.07, 6.45) is 9.24. The lowest BCUT2D eigenvalue weighted by Gasteiger charge is -2.18. The number of ether oxygens (including phenoxy) is 6. The maximum Gasteiger partial charge on any atom is 0.161 e. The maximum atomic E-state index is 6.37. The van der Waals surface area contributed by atoms with Crippen molar-refractivity contribution in [3.63, 3.8) is 0 Å². The molecule has 0 spiro atoms. The molecule has 0 fully saturated rings. The van der Waals surface area contributed by atoms with Gasteiger partial charge >= 0.3 is 0 Å². The van der Waals surface area contributed by atoms with Gasteiger partial charge in [0.2, 0.25) is 0 Å². The molecule has 0 heterocycles. The summed E-state index contributed by atoms with van der Waals surface area (Å²) in [7, 11) is 6.67. The lowest BCUT2D eigenvalue weighted by atomic mass is 9.91. The zero-order valence-electron chi connectivity index (χ0n) is 27.1. The van der Waals surface area contributed by atoms with Gasteiger partial charge in [-0.1, -0.05) is 52.4 Å². The molecule has 5 rings (SSSR count). The minimum atomic E-state index is 0.677. The van der Waals surface area contributed by atoms with Gasteiger partial charge in [-0.2, -0.15) is 0 Å². The summed E-state index contributed by atoms with van der Waals surface area (Å²) in [5.74, 6) is 4.33. The molecule has 0 aromatic heterocycles. The molecule has 0 aliphatic carbocycles. The third-order valence-corrected chi connectivity index (χ3v) is 8.47. The van der Waals surface area contributed by atoms with Gasteiger partial charge in [-0.15, -0.1) is 0 Å². The van der Waals surface area contributed by atoms with Crippen LogP contribution in [0.25, 0.3) is 43.1 Å². The van der Waals surface area contributed by atoms with Gasteiger partial charge in [0, 0.05) is 0 Å². The van der Waals surface area contributed by atoms with Crippen LogP contribution in [0.3, 0.4) is 0 Å². The first kappa shape index (κ1) is 31.4. The molecule has 0 unspecified atom stereocenters. The standard InChI is InChI=1S/C38H46O6/c1-7-9-11-13-15-43-37-19-25-17-27-28(18-26(25)20-38(37)44-16-14-12-10-8-2)30-22-34(40-4)36(42-6)24-32(30)31-23-35(41-5)33(39-3)21-29(27)31/h17-24H,7-16H2,1-6H3. The summed E-state index contributed by atoms with van der Waals surface area (Å²) < 4.78 is 35.6. The van der Waals surface area contributed by atoms with Crippen molar-refractivity contribution in [2.24, 2.45) is 0 Å². The van der Waals surface area contributed by atoms with Crippen LogP contribution in [-0.4, -0.2) is 41.7 Å². The van der Waals surface area contributed by atoms with Crippen LogP contribution in [0.15, 0.2) is 48.5 Å². The second kappa shape index (κ2) is 14.6. The molecule has 5 aromatic carbocycles. The van der Waals surface area contributed by atoms with Gasteiger partial charge < -0.3 is 28.4 Å². The summed E-state index contributed by atoms with van der Waals surface area (Å²) >= 11 is 0. The van der Waals surface area contributed by atoms with Crippen LogP contribution in [-0.2, 0) is 0 Å². The minimum absolute atomic E-state index is 0.677. The average Bonchev–Trinajstić information content (AvgIpc) is 3.06. The number of hydrogen-bond acceptors (Lipinski definition) is 6. The zero-order chi connectivity index (χ0) is 31.1. The molecule has 0 bridgehead atoms. The lowest BCUT2D eigenvalue weighted by molar-refractivity contribution is 0.259. The molecule has 0 N–H and O–H groups in total. The van der Waals surface area contributed by atoms with E-state index in [0.29, 0.717) is 36.2 Å². The van der Waals surface area contributed by atoms with Crippen LogP contribution in [0.4, 0.5) is 0 Å². The summed E-state index contributed by atoms with van der Waals surface area (Å²) in [6.45, 7) is 5.81. The molecular formula is C38H46O6. The van der Waals surface area contributed by atoms with Crippen LogP contribution in [0.1, 0.15) is 65.2 Å². The van der Waals surface area contributed by atoms with E-state index in [-0.39, 0.29) is 0 Å². The average molecular weight is 599 g/mol. The monoisotopic (exact) mass is 598 g/mol. The molecule has 44 heavy (non-hydrogen) atoms. The van der Waals surface area contributed by atoms with Crippen LogP contribution in [0.2, 0.25) is 0 Å². The van der Waals surface area contributed by atoms with Crippen molar-refractivity contribution in [1.82, 2.24) is 0 Å². The Morgan fingerprint density at radius 1 is 0.364 bits per heavy atom. The molecule has 5 aromatic rings. The van der Waals surface area contributed by atoms with Gasteiger partial charge in [-0.05, 0) is 104 Å². The Kier molecular flexibility index (Phi) is 10.4. The number of methoxy groups -OCH3 is 4. The third kappa shape index (κ3) is 6.40. The van der Waals surface area contributed by atoms with E-state index < -0.39 is 0 Å². The molecule has 6 heteroatoms. The van der Waals surface area contributed by atoms with Crippen molar-refractivity contribution in [3.05, 3.63) is 48.5 Å². The first-order valence-electron chi connectivity index (χ1n) is 16.0. The Hall–Kier alpha value is -4.06. The topological polar surface area (TPSA) is 55.4 Å². The molecule has 0 amide bonds. The molecule has 234 valence electrons. The normalized spacial score (nSPS) is 11.4. The molecule has 0 aliphatic rings. The summed E-state index contributed by atoms with van der Waals surface area (Å²) in [5.41, 5.74) is 0. The Labute approximate surface area is 261 Å². The summed E-state index contributed by atoms with van der Waals surface area (Å²) in [5, 5.41) is 8.63. The van der Waals surface area contributed by atoms with Gasteiger partial charge in [0.15, 0.2) is 34.5 Å². The van der Waals surface area contributed by atoms with E-state index in [1.54, 1.807) is 28.4 Å². The minimum Gasteiger partial charge on any atom is -0.493 e. The Balaban J connectivity index is 1.73. The molecule has 6 nitrogen and oxygen atoms in total. The largest absolute Gasteiger partial charge is 0.493 e. The first-order valence-corrected chi connectivity index (χ1v) is 16.0. The Morgan fingerprint density at radius 3 is 0.977 bits per heavy atom. The second-order valence-corrected chi connectivity index (χ2v) is 11.4. The van der Waals surface area contributed by atoms with E-state index in [0.717, 1.165) is 67.4 Å². The molecule has 0 saturated heterocycles. The van der Waals surface area contributed by atoms with Crippen LogP contribution in [0.5, 0.6) is 34.5 Å². The predicted molar refractivity (Wildman–Crippen MR) is 182 cm³/mol. The van der Waals surface area contributed by atoms with E-state index >= 15 is 0 Å². The Bertz CT molecular complexity index is 1610. The van der Waals surface area contributed by atoms with Crippen molar-refractivity contribution in [2.45, 2.75) is 65.2 Å². The fourth-order valence-corrected chi connectivity index (χ4v) is 6.05. The van der Waals surface area contributed by atoms with Crippen LogP contribution < -0.4 is 28.4 Å². The van der Waals surface area contributed by atoms with E-state index in [2.05, 4.69) is 50.2 Å². The van der Waals surface area contributed by atoms with E-state index in [1.165, 1.54) is 38.5 Å². The molecule has 0 saturated carbocycles. The number of rotatable bonds is 16. The van der Waals surface area contributed by atoms with Crippen molar-refractivity contribution in [2.75, 3.05) is 41.7 Å². The van der Waals surface area contributed by atoms with Crippen LogP contribution in [0, 0.1) is 0 Å². The van der Waals surface area contributed by atoms with Gasteiger partial charge in [0.25, 0.3) is 0 Å². The molecule has 0 radical (unpaired) electrons. The number of hydrogen-bond donors (Lipinski definition) is 0.